The number of hydrogen-bond acceptors (Lipinski definition) is 17. The van der Waals surface area contributed by atoms with Gasteiger partial charge in [0, 0.05) is 19.6 Å². The Kier molecular flexibility index (Phi) is 15.7. The number of ether oxygens (including phenoxy) is 6. The van der Waals surface area contributed by atoms with E-state index in [-0.39, 0.29) is 30.9 Å². The van der Waals surface area contributed by atoms with Crippen molar-refractivity contribution in [2.24, 2.45) is 5.92 Å². The van der Waals surface area contributed by atoms with Gasteiger partial charge in [-0.15, -0.1) is 0 Å². The number of alkyl carbamates (subject to hydrolysis) is 1. The Morgan fingerprint density at radius 2 is 1.14 bits per heavy atom. The number of carbonyl (C=O) groups is 2. The molecule has 0 aliphatic carbocycles. The molecule has 4 aromatic rings. The molecule has 2 heterocycles. The molecule has 2 aromatic carbocycles. The average molecular weight is 808 g/mol. The monoisotopic (exact) mass is 807 g/mol. The van der Waals surface area contributed by atoms with E-state index < -0.39 is 35.9 Å². The molecule has 0 saturated carbocycles. The zero-order chi connectivity index (χ0) is 42.6. The maximum atomic E-state index is 13.2. The first-order valence-electron chi connectivity index (χ1n) is 18.9. The Bertz CT molecular complexity index is 2010. The molecule has 18 heteroatoms. The second-order valence-corrected chi connectivity index (χ2v) is 14.8. The highest BCUT2D eigenvalue weighted by Crippen LogP contribution is 2.32. The predicted molar refractivity (Wildman–Crippen MR) is 221 cm³/mol. The van der Waals surface area contributed by atoms with Crippen LogP contribution in [0, 0.1) is 5.92 Å². The van der Waals surface area contributed by atoms with E-state index in [4.69, 9.17) is 48.4 Å². The van der Waals surface area contributed by atoms with Crippen LogP contribution in [0.3, 0.4) is 0 Å². The maximum absolute atomic E-state index is 13.2. The van der Waals surface area contributed by atoms with Gasteiger partial charge in [-0.2, -0.15) is 9.97 Å². The molecule has 3 atom stereocenters. The second-order valence-electron chi connectivity index (χ2n) is 14.8. The Balaban J connectivity index is 1.69. The molecule has 0 fully saturated rings. The molecular weight excluding hydrogens is 750 g/mol. The zero-order valence-electron chi connectivity index (χ0n) is 35.1. The number of aliphatic hydroxyl groups excluding tert-OH is 1. The van der Waals surface area contributed by atoms with Gasteiger partial charge in [-0.05, 0) is 75.9 Å². The molecule has 0 spiro atoms. The lowest BCUT2D eigenvalue weighted by atomic mass is 10.1. The van der Waals surface area contributed by atoms with Gasteiger partial charge in [0.1, 0.15) is 28.8 Å². The summed E-state index contributed by atoms with van der Waals surface area (Å²) in [6.45, 7) is 13.1. The summed E-state index contributed by atoms with van der Waals surface area (Å²) in [5.74, 6) is 2.61. The Morgan fingerprint density at radius 1 is 0.672 bits per heavy atom. The van der Waals surface area contributed by atoms with Crippen molar-refractivity contribution in [3.63, 3.8) is 0 Å². The highest BCUT2D eigenvalue weighted by atomic mass is 16.6. The molecule has 316 valence electrons. The summed E-state index contributed by atoms with van der Waals surface area (Å²) in [5, 5.41) is 25.7. The van der Waals surface area contributed by atoms with Crippen molar-refractivity contribution in [3.8, 4) is 23.0 Å². The fourth-order valence-corrected chi connectivity index (χ4v) is 5.49. The van der Waals surface area contributed by atoms with Crippen LogP contribution in [0.5, 0.6) is 23.0 Å². The fraction of sp³-hybridized carbons (Fsp3) is 0.500. The van der Waals surface area contributed by atoms with Gasteiger partial charge < -0.3 is 60.1 Å². The fourth-order valence-electron chi connectivity index (χ4n) is 5.49. The van der Waals surface area contributed by atoms with Crippen LogP contribution in [-0.4, -0.2) is 102 Å². The van der Waals surface area contributed by atoms with E-state index in [0.717, 1.165) is 11.1 Å². The van der Waals surface area contributed by atoms with Gasteiger partial charge >= 0.3 is 12.1 Å². The molecule has 2 aromatic heterocycles. The van der Waals surface area contributed by atoms with E-state index in [1.54, 1.807) is 76.9 Å². The van der Waals surface area contributed by atoms with Gasteiger partial charge in [0.2, 0.25) is 11.9 Å². The van der Waals surface area contributed by atoms with Crippen LogP contribution >= 0.6 is 0 Å². The van der Waals surface area contributed by atoms with Gasteiger partial charge in [-0.1, -0.05) is 26.0 Å². The number of methoxy groups -OCH3 is 4. The average Bonchev–Trinajstić information content (AvgIpc) is 3.18. The van der Waals surface area contributed by atoms with Crippen molar-refractivity contribution in [1.29, 1.82) is 0 Å². The van der Waals surface area contributed by atoms with Gasteiger partial charge in [0.15, 0.2) is 34.6 Å². The molecule has 0 radical (unpaired) electrons. The van der Waals surface area contributed by atoms with E-state index in [2.05, 4.69) is 26.6 Å². The van der Waals surface area contributed by atoms with Crippen LogP contribution in [0.25, 0.3) is 11.0 Å². The lowest BCUT2D eigenvalue weighted by Crippen LogP contribution is -2.48. The van der Waals surface area contributed by atoms with Gasteiger partial charge in [-0.3, -0.25) is 0 Å². The van der Waals surface area contributed by atoms with Crippen LogP contribution in [0.2, 0.25) is 0 Å². The van der Waals surface area contributed by atoms with E-state index in [0.29, 0.717) is 58.8 Å². The van der Waals surface area contributed by atoms with Gasteiger partial charge in [0.25, 0.3) is 0 Å². The van der Waals surface area contributed by atoms with E-state index in [1.807, 2.05) is 36.4 Å². The van der Waals surface area contributed by atoms with Crippen LogP contribution in [0.4, 0.5) is 28.3 Å². The van der Waals surface area contributed by atoms with E-state index >= 15 is 0 Å². The van der Waals surface area contributed by atoms with E-state index in [9.17, 15) is 14.7 Å². The minimum absolute atomic E-state index is 0.118. The molecule has 58 heavy (non-hydrogen) atoms. The number of nitrogens with zero attached hydrogens (tertiary/aromatic N) is 4. The number of anilines is 4. The van der Waals surface area contributed by atoms with E-state index in [1.165, 1.54) is 0 Å². The number of aromatic nitrogens is 4. The normalized spacial score (nSPS) is 12.8. The number of nitrogens with one attached hydrogen (secondary N) is 5. The van der Waals surface area contributed by atoms with Crippen molar-refractivity contribution in [3.05, 3.63) is 47.5 Å². The highest BCUT2D eigenvalue weighted by Gasteiger charge is 2.29. The Hall–Kier alpha value is -6.04. The summed E-state index contributed by atoms with van der Waals surface area (Å²) < 4.78 is 32.9. The number of carbonyl (C=O) groups excluding carboxylic acids is 2. The van der Waals surface area contributed by atoms with Crippen LogP contribution < -0.4 is 45.5 Å². The number of hydrogen-bond donors (Lipinski definition) is 6. The summed E-state index contributed by atoms with van der Waals surface area (Å²) in [6.07, 6.45) is -2.05. The van der Waals surface area contributed by atoms with Crippen LogP contribution in [0.15, 0.2) is 36.4 Å². The third kappa shape index (κ3) is 12.7. The SMILES string of the molecule is COc1ccc(CNc2nc(NCC(C)OC(=O)[C@@H](NC(=O)OC(C)(C)C)C(C)C)nc3c(NCc4ccc(OC)c(OC)c4)nc(NCC(C)O)nc23)cc1OC. The number of amides is 1. The summed E-state index contributed by atoms with van der Waals surface area (Å²) in [6, 6.07) is 10.2. The number of rotatable bonds is 20. The molecule has 2 unspecified atom stereocenters. The molecule has 6 N–H and O–H groups in total. The topological polar surface area (TPSA) is 221 Å². The molecule has 0 saturated heterocycles. The lowest BCUT2D eigenvalue weighted by Gasteiger charge is -2.25. The van der Waals surface area contributed by atoms with Crippen molar-refractivity contribution < 1.29 is 43.1 Å². The number of fused-ring (bicyclic) bond motifs is 1. The molecule has 18 nitrogen and oxygen atoms in total. The minimum Gasteiger partial charge on any atom is -0.493 e. The summed E-state index contributed by atoms with van der Waals surface area (Å²) in [5.41, 5.74) is 1.77. The summed E-state index contributed by atoms with van der Waals surface area (Å²) in [4.78, 5) is 44.8. The molecule has 0 aliphatic heterocycles. The molecule has 4 rings (SSSR count). The minimum atomic E-state index is -0.935. The second kappa shape index (κ2) is 20.4. The summed E-state index contributed by atoms with van der Waals surface area (Å²) in [7, 11) is 6.28. The smallest absolute Gasteiger partial charge is 0.408 e. The molecule has 0 aliphatic rings. The molecular formula is C40H57N9O9. The zero-order valence-corrected chi connectivity index (χ0v) is 35.1. The number of esters is 1. The van der Waals surface area contributed by atoms with Crippen LogP contribution in [0.1, 0.15) is 59.6 Å². The standard InChI is InChI=1S/C40H57N9O9/c1-22(2)31(47-39(52)58-40(5,6)7)36(51)57-24(4)19-44-38-46-33-32(35(49-38)42-21-26-13-15-28(54-9)30(17-26)56-11)45-37(43-18-23(3)50)48-34(33)41-20-25-12-14-27(53-8)29(16-25)55-10/h12-17,22-24,31,50H,18-21H2,1-11H3,(H,47,52)(H2,41,43,45,48)(H2,42,44,46,49)/t23?,24?,31-/m0/s1. The summed E-state index contributed by atoms with van der Waals surface area (Å²) >= 11 is 0. The largest absolute Gasteiger partial charge is 0.493 e. The lowest BCUT2D eigenvalue weighted by molar-refractivity contribution is -0.151. The van der Waals surface area contributed by atoms with Crippen molar-refractivity contribution in [1.82, 2.24) is 25.3 Å². The quantitative estimate of drug-likeness (QED) is 0.0619. The Morgan fingerprint density at radius 3 is 1.55 bits per heavy atom. The third-order valence-corrected chi connectivity index (χ3v) is 8.37. The van der Waals surface area contributed by atoms with Gasteiger partial charge in [0.05, 0.1) is 41.1 Å². The Labute approximate surface area is 339 Å². The van der Waals surface area contributed by atoms with Crippen LogP contribution in [-0.2, 0) is 27.4 Å². The van der Waals surface area contributed by atoms with Crippen molar-refractivity contribution in [2.75, 3.05) is 62.8 Å². The van der Waals surface area contributed by atoms with Gasteiger partial charge in [-0.25, -0.2) is 19.6 Å². The van der Waals surface area contributed by atoms with Crippen molar-refractivity contribution >= 4 is 46.6 Å². The predicted octanol–water partition coefficient (Wildman–Crippen LogP) is 5.36. The maximum Gasteiger partial charge on any atom is 0.408 e. The third-order valence-electron chi connectivity index (χ3n) is 8.37. The number of aliphatic hydroxyl groups is 1. The molecule has 1 amide bonds. The number of benzene rings is 2. The van der Waals surface area contributed by atoms with Crippen molar-refractivity contribution in [2.45, 2.75) is 85.4 Å². The molecule has 0 bridgehead atoms. The highest BCUT2D eigenvalue weighted by molar-refractivity contribution is 5.94. The first-order chi connectivity index (χ1) is 27.5. The first-order valence-corrected chi connectivity index (χ1v) is 18.9. The first kappa shape index (κ1) is 44.7.